The van der Waals surface area contributed by atoms with Crippen molar-refractivity contribution in [3.8, 4) is 11.8 Å². The lowest BCUT2D eigenvalue weighted by Crippen LogP contribution is -2.60. The summed E-state index contributed by atoms with van der Waals surface area (Å²) in [6.07, 6.45) is 1.49. The number of hydrogen-bond acceptors (Lipinski definition) is 8. The highest BCUT2D eigenvalue weighted by atomic mass is 32.2. The molecule has 0 aromatic heterocycles. The van der Waals surface area contributed by atoms with Crippen LogP contribution in [0, 0.1) is 17.1 Å². The normalized spacial score (nSPS) is 20.7. The maximum Gasteiger partial charge on any atom is 0.318 e. The van der Waals surface area contributed by atoms with Crippen LogP contribution in [0.3, 0.4) is 0 Å². The van der Waals surface area contributed by atoms with Gasteiger partial charge in [0.15, 0.2) is 5.54 Å². The van der Waals surface area contributed by atoms with Crippen LogP contribution in [0.25, 0.3) is 0 Å². The van der Waals surface area contributed by atoms with Gasteiger partial charge in [0.2, 0.25) is 0 Å². The van der Waals surface area contributed by atoms with E-state index in [9.17, 15) is 23.3 Å². The molecule has 3 amide bonds. The lowest BCUT2D eigenvalue weighted by atomic mass is 9.82. The van der Waals surface area contributed by atoms with Gasteiger partial charge >= 0.3 is 6.03 Å². The number of sulfonamides is 1. The number of nitrogens with zero attached hydrogens (tertiary/aromatic N) is 5. The molecule has 3 aliphatic rings. The molecule has 1 unspecified atom stereocenters. The van der Waals surface area contributed by atoms with Crippen LogP contribution in [0.5, 0.6) is 5.75 Å². The number of para-hydroxylation sites is 1. The Bertz CT molecular complexity index is 1880. The largest absolute Gasteiger partial charge is 0.493 e. The van der Waals surface area contributed by atoms with Gasteiger partial charge in [-0.1, -0.05) is 30.3 Å². The average Bonchev–Trinajstić information content (AvgIpc) is 3.36. The minimum atomic E-state index is -4.83. The van der Waals surface area contributed by atoms with E-state index in [0.29, 0.717) is 29.5 Å². The van der Waals surface area contributed by atoms with Crippen molar-refractivity contribution >= 4 is 27.6 Å². The van der Waals surface area contributed by atoms with Crippen molar-refractivity contribution in [3.05, 3.63) is 89.2 Å². The van der Waals surface area contributed by atoms with Crippen LogP contribution >= 0.6 is 0 Å². The van der Waals surface area contributed by atoms with Gasteiger partial charge in [0.25, 0.3) is 15.9 Å². The van der Waals surface area contributed by atoms with Crippen molar-refractivity contribution in [2.75, 3.05) is 50.2 Å². The SMILES string of the molecule is CCOc1ccccc1C1(NC(=O)N2CCC(N3CCN(C(C)C)CC3)CC2)C(=O)N(S(=O)(=O)c2ccccc2F)c2ccc(C#N)cc21. The number of likely N-dealkylation sites (tertiary alicyclic amines) is 1. The van der Waals surface area contributed by atoms with Gasteiger partial charge in [0.05, 0.1) is 23.9 Å². The number of fused-ring (bicyclic) bond motifs is 1. The summed E-state index contributed by atoms with van der Waals surface area (Å²) in [6, 6.07) is 17.8. The van der Waals surface area contributed by atoms with Gasteiger partial charge in [-0.15, -0.1) is 0 Å². The zero-order chi connectivity index (χ0) is 34.9. The Labute approximate surface area is 286 Å². The predicted octanol–water partition coefficient (Wildman–Crippen LogP) is 4.28. The minimum absolute atomic E-state index is 0.0647. The van der Waals surface area contributed by atoms with E-state index >= 15 is 4.39 Å². The molecule has 0 spiro atoms. The van der Waals surface area contributed by atoms with Crippen LogP contribution in [0.2, 0.25) is 0 Å². The summed E-state index contributed by atoms with van der Waals surface area (Å²) in [7, 11) is -4.83. The van der Waals surface area contributed by atoms with Crippen LogP contribution in [0.4, 0.5) is 14.9 Å². The second-order valence-electron chi connectivity index (χ2n) is 12.8. The first kappa shape index (κ1) is 34.4. The molecule has 258 valence electrons. The second-order valence-corrected chi connectivity index (χ2v) is 14.6. The maximum atomic E-state index is 15.1. The number of amides is 3. The van der Waals surface area contributed by atoms with Crippen molar-refractivity contribution in [2.24, 2.45) is 0 Å². The number of piperidine rings is 1. The molecule has 1 N–H and O–H groups in total. The first-order valence-corrected chi connectivity index (χ1v) is 18.1. The number of urea groups is 1. The van der Waals surface area contributed by atoms with Crippen molar-refractivity contribution < 1.29 is 27.1 Å². The quantitative estimate of drug-likeness (QED) is 0.372. The Morgan fingerprint density at radius 2 is 1.67 bits per heavy atom. The third-order valence-corrected chi connectivity index (χ3v) is 11.6. The summed E-state index contributed by atoms with van der Waals surface area (Å²) in [5.41, 5.74) is -1.83. The van der Waals surface area contributed by atoms with Crippen LogP contribution in [0.1, 0.15) is 50.3 Å². The fourth-order valence-corrected chi connectivity index (χ4v) is 8.78. The fraction of sp³-hybridized carbons (Fsp3) is 0.417. The van der Waals surface area contributed by atoms with E-state index in [4.69, 9.17) is 4.74 Å². The topological polar surface area (TPSA) is 126 Å². The molecule has 0 aliphatic carbocycles. The number of anilines is 1. The monoisotopic (exact) mass is 688 g/mol. The molecular formula is C36H41FN6O5S. The highest BCUT2D eigenvalue weighted by molar-refractivity contribution is 7.93. The molecule has 49 heavy (non-hydrogen) atoms. The van der Waals surface area contributed by atoms with Crippen molar-refractivity contribution in [2.45, 2.75) is 56.1 Å². The summed E-state index contributed by atoms with van der Waals surface area (Å²) in [4.78, 5) is 35.2. The van der Waals surface area contributed by atoms with E-state index in [0.717, 1.165) is 51.2 Å². The van der Waals surface area contributed by atoms with Crippen molar-refractivity contribution in [1.82, 2.24) is 20.0 Å². The van der Waals surface area contributed by atoms with Gasteiger partial charge in [-0.05, 0) is 70.0 Å². The highest BCUT2D eigenvalue weighted by Crippen LogP contribution is 2.49. The molecule has 0 bridgehead atoms. The number of carbonyl (C=O) groups excluding carboxylic acids is 2. The molecule has 3 aromatic carbocycles. The number of carbonyl (C=O) groups is 2. The number of benzene rings is 3. The predicted molar refractivity (Wildman–Crippen MR) is 182 cm³/mol. The number of hydrogen-bond donors (Lipinski definition) is 1. The number of rotatable bonds is 8. The second kappa shape index (κ2) is 13.8. The number of ether oxygens (including phenoxy) is 1. The minimum Gasteiger partial charge on any atom is -0.493 e. The summed E-state index contributed by atoms with van der Waals surface area (Å²) >= 11 is 0. The van der Waals surface area contributed by atoms with Gasteiger partial charge in [0, 0.05) is 62.5 Å². The zero-order valence-corrected chi connectivity index (χ0v) is 28.7. The Kier molecular flexibility index (Phi) is 9.66. The third kappa shape index (κ3) is 6.13. The first-order chi connectivity index (χ1) is 23.5. The van der Waals surface area contributed by atoms with E-state index in [2.05, 4.69) is 35.0 Å². The fourth-order valence-electron chi connectivity index (χ4n) is 7.25. The van der Waals surface area contributed by atoms with Gasteiger partial charge in [-0.25, -0.2) is 17.6 Å². The van der Waals surface area contributed by atoms with E-state index < -0.39 is 38.2 Å². The van der Waals surface area contributed by atoms with Gasteiger partial charge < -0.3 is 15.0 Å². The highest BCUT2D eigenvalue weighted by Gasteiger charge is 2.59. The zero-order valence-electron chi connectivity index (χ0n) is 27.9. The summed E-state index contributed by atoms with van der Waals surface area (Å²) < 4.78 is 49.9. The Morgan fingerprint density at radius 1 is 1.00 bits per heavy atom. The maximum absolute atomic E-state index is 15.1. The average molecular weight is 689 g/mol. The molecule has 3 heterocycles. The molecular weight excluding hydrogens is 647 g/mol. The third-order valence-electron chi connectivity index (χ3n) is 9.84. The van der Waals surface area contributed by atoms with Crippen molar-refractivity contribution in [1.29, 1.82) is 5.26 Å². The Balaban J connectivity index is 1.39. The Hall–Kier alpha value is -4.51. The summed E-state index contributed by atoms with van der Waals surface area (Å²) in [5, 5.41) is 12.8. The molecule has 3 aromatic rings. The molecule has 0 radical (unpaired) electrons. The smallest absolute Gasteiger partial charge is 0.318 e. The van der Waals surface area contributed by atoms with E-state index in [-0.39, 0.29) is 34.7 Å². The standard InChI is InChI=1S/C36H41FN6O5S/c1-4-48-32-11-7-5-9-28(32)36(39-35(45)42-17-15-27(16-18-42)41-21-19-40(20-22-41)25(2)3)29-23-26(24-38)13-14-31(29)43(34(36)44)49(46,47)33-12-8-6-10-30(33)37/h5-14,23,25,27H,4,15-22H2,1-3H3,(H,39,45). The Morgan fingerprint density at radius 3 is 2.33 bits per heavy atom. The lowest BCUT2D eigenvalue weighted by Gasteiger charge is -2.44. The molecule has 11 nitrogen and oxygen atoms in total. The molecule has 2 fully saturated rings. The number of halogens is 1. The van der Waals surface area contributed by atoms with Gasteiger partial charge in [0.1, 0.15) is 16.5 Å². The van der Waals surface area contributed by atoms with E-state index in [1.54, 1.807) is 36.1 Å². The number of nitriles is 1. The van der Waals surface area contributed by atoms with E-state index in [1.165, 1.54) is 30.3 Å². The van der Waals surface area contributed by atoms with Crippen molar-refractivity contribution in [3.63, 3.8) is 0 Å². The summed E-state index contributed by atoms with van der Waals surface area (Å²) in [5.74, 6) is -1.83. The first-order valence-electron chi connectivity index (χ1n) is 16.7. The summed E-state index contributed by atoms with van der Waals surface area (Å²) in [6.45, 7) is 11.2. The van der Waals surface area contributed by atoms with Crippen LogP contribution < -0.4 is 14.4 Å². The van der Waals surface area contributed by atoms with Gasteiger partial charge in [-0.3, -0.25) is 14.6 Å². The molecule has 6 rings (SSSR count). The molecule has 13 heteroatoms. The van der Waals surface area contributed by atoms with Gasteiger partial charge in [-0.2, -0.15) is 9.57 Å². The number of piperazine rings is 1. The molecule has 2 saturated heterocycles. The molecule has 3 aliphatic heterocycles. The lowest BCUT2D eigenvalue weighted by molar-refractivity contribution is -0.121. The molecule has 1 atom stereocenters. The number of nitrogens with one attached hydrogen (secondary N) is 1. The van der Waals surface area contributed by atoms with Crippen LogP contribution in [-0.4, -0.2) is 93.0 Å². The van der Waals surface area contributed by atoms with Crippen LogP contribution in [0.15, 0.2) is 71.6 Å². The molecule has 0 saturated carbocycles. The van der Waals surface area contributed by atoms with E-state index in [1.807, 2.05) is 0 Å². The van der Waals surface area contributed by atoms with Crippen LogP contribution in [-0.2, 0) is 20.4 Å².